The minimum Gasteiger partial charge on any atom is -0.496 e. The Labute approximate surface area is 146 Å². The monoisotopic (exact) mass is 343 g/mol. The van der Waals surface area contributed by atoms with Crippen molar-refractivity contribution in [3.63, 3.8) is 0 Å². The molecule has 1 aliphatic carbocycles. The molecule has 0 aliphatic heterocycles. The van der Waals surface area contributed by atoms with Gasteiger partial charge < -0.3 is 15.2 Å². The maximum atomic E-state index is 13.0. The van der Waals surface area contributed by atoms with Crippen molar-refractivity contribution in [2.24, 2.45) is 5.92 Å². The second-order valence-electron chi connectivity index (χ2n) is 6.69. The largest absolute Gasteiger partial charge is 0.496 e. The Morgan fingerprint density at radius 2 is 1.96 bits per heavy atom. The second kappa shape index (κ2) is 6.84. The molecule has 2 aromatic rings. The summed E-state index contributed by atoms with van der Waals surface area (Å²) in [5.74, 6) is 0.382. The molecule has 0 heterocycles. The van der Waals surface area contributed by atoms with Crippen molar-refractivity contribution in [3.05, 3.63) is 65.5 Å². The molecule has 1 aliphatic rings. The summed E-state index contributed by atoms with van der Waals surface area (Å²) in [5.41, 5.74) is 0.347. The van der Waals surface area contributed by atoms with Gasteiger partial charge in [-0.1, -0.05) is 30.3 Å². The number of nitrogens with one attached hydrogen (secondary N) is 1. The minimum atomic E-state index is -1.25. The van der Waals surface area contributed by atoms with Crippen molar-refractivity contribution >= 4 is 5.91 Å². The van der Waals surface area contributed by atoms with Crippen LogP contribution in [-0.2, 0) is 10.4 Å². The SMILES string of the molecule is COc1ccccc1C1CC1C(=O)NCC(C)(O)c1ccc(F)cc1. The Kier molecular flexibility index (Phi) is 4.77. The number of rotatable bonds is 6. The van der Waals surface area contributed by atoms with Crippen LogP contribution in [0.15, 0.2) is 48.5 Å². The Hall–Kier alpha value is -2.40. The van der Waals surface area contributed by atoms with Gasteiger partial charge in [-0.3, -0.25) is 4.79 Å². The maximum absolute atomic E-state index is 13.0. The average molecular weight is 343 g/mol. The van der Waals surface area contributed by atoms with E-state index in [1.165, 1.54) is 24.3 Å². The third-order valence-corrected chi connectivity index (χ3v) is 4.74. The number of para-hydroxylation sites is 1. The molecular weight excluding hydrogens is 321 g/mol. The van der Waals surface area contributed by atoms with Crippen molar-refractivity contribution in [3.8, 4) is 5.75 Å². The molecule has 1 fully saturated rings. The molecule has 0 bridgehead atoms. The third kappa shape index (κ3) is 3.82. The zero-order valence-corrected chi connectivity index (χ0v) is 14.3. The predicted octanol–water partition coefficient (Wildman–Crippen LogP) is 2.96. The summed E-state index contributed by atoms with van der Waals surface area (Å²) in [5, 5.41) is 13.3. The highest BCUT2D eigenvalue weighted by Gasteiger charge is 2.45. The van der Waals surface area contributed by atoms with E-state index in [-0.39, 0.29) is 30.1 Å². The summed E-state index contributed by atoms with van der Waals surface area (Å²) < 4.78 is 18.4. The normalized spacial score (nSPS) is 21.3. The summed E-state index contributed by atoms with van der Waals surface area (Å²) in [6.45, 7) is 1.68. The molecule has 2 aromatic carbocycles. The first-order valence-electron chi connectivity index (χ1n) is 8.31. The zero-order chi connectivity index (χ0) is 18.0. The molecule has 5 heteroatoms. The fourth-order valence-corrected chi connectivity index (χ4v) is 3.10. The van der Waals surface area contributed by atoms with Gasteiger partial charge in [0.15, 0.2) is 0 Å². The highest BCUT2D eigenvalue weighted by molar-refractivity contribution is 5.83. The van der Waals surface area contributed by atoms with E-state index in [4.69, 9.17) is 4.74 Å². The van der Waals surface area contributed by atoms with Crippen LogP contribution < -0.4 is 10.1 Å². The van der Waals surface area contributed by atoms with Crippen LogP contribution in [0.1, 0.15) is 30.4 Å². The van der Waals surface area contributed by atoms with Crippen LogP contribution >= 0.6 is 0 Å². The van der Waals surface area contributed by atoms with E-state index in [2.05, 4.69) is 5.32 Å². The van der Waals surface area contributed by atoms with E-state index in [0.717, 1.165) is 17.7 Å². The first kappa shape index (κ1) is 17.4. The number of halogens is 1. The van der Waals surface area contributed by atoms with Crippen LogP contribution in [0, 0.1) is 11.7 Å². The lowest BCUT2D eigenvalue weighted by Crippen LogP contribution is -2.39. The number of benzene rings is 2. The molecule has 2 N–H and O–H groups in total. The number of carbonyl (C=O) groups is 1. The summed E-state index contributed by atoms with van der Waals surface area (Å²) >= 11 is 0. The van der Waals surface area contributed by atoms with Crippen molar-refractivity contribution < 1.29 is 19.0 Å². The van der Waals surface area contributed by atoms with Crippen molar-refractivity contribution in [1.82, 2.24) is 5.32 Å². The molecule has 0 aromatic heterocycles. The lowest BCUT2D eigenvalue weighted by Gasteiger charge is -2.24. The summed E-state index contributed by atoms with van der Waals surface area (Å²) in [6, 6.07) is 13.3. The van der Waals surface area contributed by atoms with Gasteiger partial charge in [0.25, 0.3) is 0 Å². The van der Waals surface area contributed by atoms with E-state index in [1.807, 2.05) is 24.3 Å². The topological polar surface area (TPSA) is 58.6 Å². The van der Waals surface area contributed by atoms with Gasteiger partial charge in [-0.05, 0) is 48.6 Å². The molecule has 1 amide bonds. The molecule has 0 spiro atoms. The molecule has 3 unspecified atom stereocenters. The highest BCUT2D eigenvalue weighted by atomic mass is 19.1. The van der Waals surface area contributed by atoms with E-state index in [9.17, 15) is 14.3 Å². The van der Waals surface area contributed by atoms with Crippen LogP contribution in [0.3, 0.4) is 0 Å². The molecule has 3 rings (SSSR count). The number of hydrogen-bond donors (Lipinski definition) is 2. The molecule has 0 radical (unpaired) electrons. The number of hydrogen-bond acceptors (Lipinski definition) is 3. The minimum absolute atomic E-state index is 0.0760. The van der Waals surface area contributed by atoms with Gasteiger partial charge >= 0.3 is 0 Å². The van der Waals surface area contributed by atoms with Gasteiger partial charge in [0.1, 0.15) is 17.2 Å². The van der Waals surface area contributed by atoms with Crippen molar-refractivity contribution in [2.75, 3.05) is 13.7 Å². The number of methoxy groups -OCH3 is 1. The standard InChI is InChI=1S/C20H22FNO3/c1-20(24,13-7-9-14(21)10-8-13)12-22-19(23)17-11-16(17)15-5-3-4-6-18(15)25-2/h3-10,16-17,24H,11-12H2,1-2H3,(H,22,23). The zero-order valence-electron chi connectivity index (χ0n) is 14.3. The summed E-state index contributed by atoms with van der Waals surface area (Å²) in [4.78, 5) is 12.4. The number of carbonyl (C=O) groups excluding carboxylic acids is 1. The van der Waals surface area contributed by atoms with Gasteiger partial charge in [0.05, 0.1) is 13.7 Å². The van der Waals surface area contributed by atoms with Gasteiger partial charge in [-0.25, -0.2) is 4.39 Å². The fourth-order valence-electron chi connectivity index (χ4n) is 3.10. The summed E-state index contributed by atoms with van der Waals surface area (Å²) in [6.07, 6.45) is 0.769. The van der Waals surface area contributed by atoms with Crippen LogP contribution in [0.2, 0.25) is 0 Å². The quantitative estimate of drug-likeness (QED) is 0.848. The maximum Gasteiger partial charge on any atom is 0.223 e. The smallest absolute Gasteiger partial charge is 0.223 e. The highest BCUT2D eigenvalue weighted by Crippen LogP contribution is 2.50. The second-order valence-corrected chi connectivity index (χ2v) is 6.69. The lowest BCUT2D eigenvalue weighted by molar-refractivity contribution is -0.123. The summed E-state index contributed by atoms with van der Waals surface area (Å²) in [7, 11) is 1.62. The third-order valence-electron chi connectivity index (χ3n) is 4.74. The van der Waals surface area contributed by atoms with Gasteiger partial charge in [-0.2, -0.15) is 0 Å². The van der Waals surface area contributed by atoms with E-state index >= 15 is 0 Å². The van der Waals surface area contributed by atoms with Gasteiger partial charge in [0, 0.05) is 5.92 Å². The predicted molar refractivity (Wildman–Crippen MR) is 92.8 cm³/mol. The molecular formula is C20H22FNO3. The lowest BCUT2D eigenvalue weighted by atomic mass is 9.96. The first-order chi connectivity index (χ1) is 11.9. The molecule has 1 saturated carbocycles. The van der Waals surface area contributed by atoms with E-state index in [1.54, 1.807) is 14.0 Å². The van der Waals surface area contributed by atoms with Crippen LogP contribution in [-0.4, -0.2) is 24.7 Å². The molecule has 0 saturated heterocycles. The van der Waals surface area contributed by atoms with Gasteiger partial charge in [-0.15, -0.1) is 0 Å². The van der Waals surface area contributed by atoms with Crippen LogP contribution in [0.4, 0.5) is 4.39 Å². The first-order valence-corrected chi connectivity index (χ1v) is 8.31. The average Bonchev–Trinajstić information content (AvgIpc) is 3.41. The van der Waals surface area contributed by atoms with Crippen molar-refractivity contribution in [2.45, 2.75) is 24.9 Å². The fraction of sp³-hybridized carbons (Fsp3) is 0.350. The van der Waals surface area contributed by atoms with Crippen LogP contribution in [0.5, 0.6) is 5.75 Å². The Balaban J connectivity index is 1.59. The number of ether oxygens (including phenoxy) is 1. The van der Waals surface area contributed by atoms with Crippen molar-refractivity contribution in [1.29, 1.82) is 0 Å². The molecule has 3 atom stereocenters. The Bertz CT molecular complexity index is 758. The molecule has 4 nitrogen and oxygen atoms in total. The number of aliphatic hydroxyl groups is 1. The van der Waals surface area contributed by atoms with Crippen LogP contribution in [0.25, 0.3) is 0 Å². The molecule has 132 valence electrons. The Morgan fingerprint density at radius 3 is 2.64 bits per heavy atom. The van der Waals surface area contributed by atoms with E-state index < -0.39 is 5.60 Å². The van der Waals surface area contributed by atoms with Gasteiger partial charge in [0.2, 0.25) is 5.91 Å². The Morgan fingerprint density at radius 1 is 1.28 bits per heavy atom. The number of amides is 1. The molecule has 25 heavy (non-hydrogen) atoms. The van der Waals surface area contributed by atoms with E-state index in [0.29, 0.717) is 5.56 Å².